The van der Waals surface area contributed by atoms with Gasteiger partial charge in [-0.3, -0.25) is 9.00 Å². The zero-order valence-electron chi connectivity index (χ0n) is 12.3. The van der Waals surface area contributed by atoms with Crippen molar-refractivity contribution >= 4 is 34.0 Å². The molecule has 0 radical (unpaired) electrons. The molecule has 1 atom stereocenters. The van der Waals surface area contributed by atoms with Crippen LogP contribution in [0, 0.1) is 0 Å². The van der Waals surface area contributed by atoms with Gasteiger partial charge < -0.3 is 10.1 Å². The third-order valence-corrected chi connectivity index (χ3v) is 4.71. The molecule has 0 aliphatic heterocycles. The second kappa shape index (κ2) is 7.42. The molecule has 0 aromatic heterocycles. The number of halogens is 1. The highest BCUT2D eigenvalue weighted by atomic mass is 35.5. The number of carbonyl (C=O) groups is 1. The fraction of sp³-hybridized carbons (Fsp3) is 0.188. The lowest BCUT2D eigenvalue weighted by molar-refractivity contribution is -0.114. The van der Waals surface area contributed by atoms with E-state index < -0.39 is 10.8 Å². The highest BCUT2D eigenvalue weighted by Gasteiger charge is 2.09. The molecule has 1 N–H and O–H groups in total. The van der Waals surface area contributed by atoms with Crippen molar-refractivity contribution in [2.24, 2.45) is 0 Å². The van der Waals surface area contributed by atoms with Crippen LogP contribution in [-0.2, 0) is 21.3 Å². The van der Waals surface area contributed by atoms with E-state index >= 15 is 0 Å². The van der Waals surface area contributed by atoms with Crippen LogP contribution in [0.5, 0.6) is 5.75 Å². The number of hydrogen-bond acceptors (Lipinski definition) is 3. The third-order valence-electron chi connectivity index (χ3n) is 2.98. The Hall–Kier alpha value is -1.85. The van der Waals surface area contributed by atoms with E-state index in [-0.39, 0.29) is 5.91 Å². The SMILES string of the molecule is COc1ccc(C[S@@](=O)c2ccc(NC(C)=O)cc2)c(Cl)c1. The summed E-state index contributed by atoms with van der Waals surface area (Å²) in [6.45, 7) is 1.44. The number of amides is 1. The van der Waals surface area contributed by atoms with Gasteiger partial charge in [-0.15, -0.1) is 0 Å². The van der Waals surface area contributed by atoms with Crippen LogP contribution >= 0.6 is 11.6 Å². The summed E-state index contributed by atoms with van der Waals surface area (Å²) in [6.07, 6.45) is 0. The van der Waals surface area contributed by atoms with Crippen LogP contribution in [0.15, 0.2) is 47.4 Å². The second-order valence-electron chi connectivity index (χ2n) is 4.65. The molecule has 1 amide bonds. The molecule has 0 spiro atoms. The quantitative estimate of drug-likeness (QED) is 0.906. The largest absolute Gasteiger partial charge is 0.497 e. The van der Waals surface area contributed by atoms with Crippen LogP contribution in [0.1, 0.15) is 12.5 Å². The molecule has 0 aliphatic rings. The molecule has 0 saturated heterocycles. The summed E-state index contributed by atoms with van der Waals surface area (Å²) in [4.78, 5) is 11.6. The van der Waals surface area contributed by atoms with Crippen molar-refractivity contribution in [3.8, 4) is 5.75 Å². The van der Waals surface area contributed by atoms with Crippen LogP contribution in [0.25, 0.3) is 0 Å². The van der Waals surface area contributed by atoms with Gasteiger partial charge in [0.1, 0.15) is 5.75 Å². The molecule has 22 heavy (non-hydrogen) atoms. The Labute approximate surface area is 136 Å². The van der Waals surface area contributed by atoms with Gasteiger partial charge in [-0.05, 0) is 42.0 Å². The van der Waals surface area contributed by atoms with Crippen molar-refractivity contribution in [1.82, 2.24) is 0 Å². The summed E-state index contributed by atoms with van der Waals surface area (Å²) in [7, 11) is 0.357. The van der Waals surface area contributed by atoms with E-state index in [0.717, 1.165) is 5.56 Å². The van der Waals surface area contributed by atoms with Crippen molar-refractivity contribution in [2.75, 3.05) is 12.4 Å². The molecular formula is C16H16ClNO3S. The molecular weight excluding hydrogens is 322 g/mol. The molecule has 4 nitrogen and oxygen atoms in total. The fourth-order valence-corrected chi connectivity index (χ4v) is 3.35. The van der Waals surface area contributed by atoms with Crippen molar-refractivity contribution in [3.63, 3.8) is 0 Å². The number of carbonyl (C=O) groups excluding carboxylic acids is 1. The molecule has 116 valence electrons. The van der Waals surface area contributed by atoms with E-state index in [4.69, 9.17) is 16.3 Å². The summed E-state index contributed by atoms with van der Waals surface area (Å²) in [5, 5.41) is 3.20. The Morgan fingerprint density at radius 1 is 1.23 bits per heavy atom. The van der Waals surface area contributed by atoms with E-state index in [0.29, 0.717) is 27.1 Å². The predicted molar refractivity (Wildman–Crippen MR) is 88.9 cm³/mol. The van der Waals surface area contributed by atoms with Crippen molar-refractivity contribution in [3.05, 3.63) is 53.1 Å². The van der Waals surface area contributed by atoms with Gasteiger partial charge in [0.05, 0.1) is 23.7 Å². The van der Waals surface area contributed by atoms with Gasteiger partial charge in [0, 0.05) is 22.5 Å². The standard InChI is InChI=1S/C16H16ClNO3S/c1-11(19)18-13-4-7-15(8-5-13)22(20)10-12-3-6-14(21-2)9-16(12)17/h3-9H,10H2,1-2H3,(H,18,19)/t22-/m1/s1. The zero-order valence-corrected chi connectivity index (χ0v) is 13.8. The first kappa shape index (κ1) is 16.5. The number of ether oxygens (including phenoxy) is 1. The molecule has 2 aromatic carbocycles. The maximum atomic E-state index is 12.4. The molecule has 6 heteroatoms. The highest BCUT2D eigenvalue weighted by Crippen LogP contribution is 2.25. The summed E-state index contributed by atoms with van der Waals surface area (Å²) >= 11 is 6.16. The van der Waals surface area contributed by atoms with Crippen molar-refractivity contribution in [2.45, 2.75) is 17.6 Å². The van der Waals surface area contributed by atoms with Gasteiger partial charge in [-0.1, -0.05) is 17.7 Å². The van der Waals surface area contributed by atoms with Gasteiger partial charge in [0.15, 0.2) is 0 Å². The van der Waals surface area contributed by atoms with Crippen LogP contribution in [0.3, 0.4) is 0 Å². The van der Waals surface area contributed by atoms with E-state index in [1.807, 2.05) is 6.07 Å². The number of nitrogens with one attached hydrogen (secondary N) is 1. The van der Waals surface area contributed by atoms with E-state index in [1.54, 1.807) is 43.5 Å². The minimum Gasteiger partial charge on any atom is -0.497 e. The molecule has 0 bridgehead atoms. The van der Waals surface area contributed by atoms with Gasteiger partial charge in [-0.25, -0.2) is 0 Å². The van der Waals surface area contributed by atoms with E-state index in [9.17, 15) is 9.00 Å². The lowest BCUT2D eigenvalue weighted by Gasteiger charge is -2.08. The first-order chi connectivity index (χ1) is 10.5. The Kier molecular flexibility index (Phi) is 5.57. The maximum Gasteiger partial charge on any atom is 0.221 e. The van der Waals surface area contributed by atoms with Crippen LogP contribution in [0.4, 0.5) is 5.69 Å². The minimum absolute atomic E-state index is 0.140. The Balaban J connectivity index is 2.10. The first-order valence-corrected chi connectivity index (χ1v) is 8.27. The lowest BCUT2D eigenvalue weighted by Crippen LogP contribution is -2.05. The highest BCUT2D eigenvalue weighted by molar-refractivity contribution is 7.84. The van der Waals surface area contributed by atoms with Crippen LogP contribution in [0.2, 0.25) is 5.02 Å². The van der Waals surface area contributed by atoms with Gasteiger partial charge in [-0.2, -0.15) is 0 Å². The second-order valence-corrected chi connectivity index (χ2v) is 6.51. The zero-order chi connectivity index (χ0) is 16.1. The normalized spacial score (nSPS) is 11.8. The van der Waals surface area contributed by atoms with Crippen molar-refractivity contribution < 1.29 is 13.7 Å². The molecule has 2 aromatic rings. The summed E-state index contributed by atoms with van der Waals surface area (Å²) in [6, 6.07) is 12.2. The topological polar surface area (TPSA) is 55.4 Å². The molecule has 0 fully saturated rings. The van der Waals surface area contributed by atoms with E-state index in [1.165, 1.54) is 6.92 Å². The molecule has 2 rings (SSSR count). The van der Waals surface area contributed by atoms with Crippen molar-refractivity contribution in [1.29, 1.82) is 0 Å². The molecule has 0 aliphatic carbocycles. The fourth-order valence-electron chi connectivity index (χ4n) is 1.89. The smallest absolute Gasteiger partial charge is 0.221 e. The lowest BCUT2D eigenvalue weighted by atomic mass is 10.2. The van der Waals surface area contributed by atoms with Gasteiger partial charge >= 0.3 is 0 Å². The van der Waals surface area contributed by atoms with Gasteiger partial charge in [0.25, 0.3) is 0 Å². The third kappa shape index (κ3) is 4.32. The summed E-state index contributed by atoms with van der Waals surface area (Å²) < 4.78 is 17.5. The Bertz CT molecular complexity index is 701. The monoisotopic (exact) mass is 337 g/mol. The molecule has 0 saturated carbocycles. The number of anilines is 1. The molecule has 0 unspecified atom stereocenters. The Morgan fingerprint density at radius 2 is 1.91 bits per heavy atom. The number of hydrogen-bond donors (Lipinski definition) is 1. The molecule has 0 heterocycles. The van der Waals surface area contributed by atoms with Crippen LogP contribution in [-0.4, -0.2) is 17.2 Å². The van der Waals surface area contributed by atoms with Crippen LogP contribution < -0.4 is 10.1 Å². The van der Waals surface area contributed by atoms with E-state index in [2.05, 4.69) is 5.32 Å². The summed E-state index contributed by atoms with van der Waals surface area (Å²) in [5.41, 5.74) is 1.47. The maximum absolute atomic E-state index is 12.4. The number of benzene rings is 2. The minimum atomic E-state index is -1.21. The summed E-state index contributed by atoms with van der Waals surface area (Å²) in [5.74, 6) is 0.848. The Morgan fingerprint density at radius 3 is 2.45 bits per heavy atom. The van der Waals surface area contributed by atoms with Gasteiger partial charge in [0.2, 0.25) is 5.91 Å². The first-order valence-electron chi connectivity index (χ1n) is 6.58. The number of methoxy groups -OCH3 is 1. The average Bonchev–Trinajstić information content (AvgIpc) is 2.49. The average molecular weight is 338 g/mol. The predicted octanol–water partition coefficient (Wildman–Crippen LogP) is 3.61. The number of rotatable bonds is 5.